The van der Waals surface area contributed by atoms with Gasteiger partial charge in [-0.15, -0.1) is 0 Å². The molecule has 1 spiro atoms. The number of likely N-dealkylation sites (tertiary alicyclic amines) is 1. The van der Waals surface area contributed by atoms with Crippen LogP contribution in [0.1, 0.15) is 38.7 Å². The fraction of sp³-hybridized carbons (Fsp3) is 0.483. The molecule has 3 saturated heterocycles. The molecule has 0 saturated carbocycles. The van der Waals surface area contributed by atoms with Crippen molar-refractivity contribution in [2.24, 2.45) is 11.8 Å². The van der Waals surface area contributed by atoms with Crippen LogP contribution in [-0.4, -0.2) is 64.7 Å². The van der Waals surface area contributed by atoms with E-state index in [-0.39, 0.29) is 18.4 Å². The number of benzene rings is 2. The molecule has 0 aliphatic carbocycles. The first-order chi connectivity index (χ1) is 18.3. The summed E-state index contributed by atoms with van der Waals surface area (Å²) in [5.74, 6) is -1.88. The molecule has 202 valence electrons. The second-order valence-corrected chi connectivity index (χ2v) is 10.6. The number of rotatable bonds is 9. The van der Waals surface area contributed by atoms with Gasteiger partial charge in [-0.2, -0.15) is 0 Å². The summed E-state index contributed by atoms with van der Waals surface area (Å²) in [4.78, 5) is 43.0. The Morgan fingerprint density at radius 3 is 2.47 bits per heavy atom. The standard InChI is InChI=1S/C29H35N3O6/c1-4-20(17-33)32-24(26(35)31-19-10-12-21(37-3)13-11-19)29-15-14-28(2,38-29)22(23(29)27(32)36)25(34)30-16-18-8-6-5-7-9-18/h5-13,20,22-24,33H,4,14-17H2,1-3H3,(H,30,34)(H,31,35)/t20-,22+,23-,24?,28-,29?/m0/s1. The van der Waals surface area contributed by atoms with E-state index >= 15 is 0 Å². The highest BCUT2D eigenvalue weighted by atomic mass is 16.5. The van der Waals surface area contributed by atoms with Gasteiger partial charge in [-0.25, -0.2) is 0 Å². The van der Waals surface area contributed by atoms with Crippen LogP contribution in [0.25, 0.3) is 0 Å². The first-order valence-electron chi connectivity index (χ1n) is 13.2. The van der Waals surface area contributed by atoms with Gasteiger partial charge in [-0.3, -0.25) is 14.4 Å². The van der Waals surface area contributed by atoms with E-state index < -0.39 is 41.0 Å². The Hall–Kier alpha value is -3.43. The van der Waals surface area contributed by atoms with Gasteiger partial charge in [0.25, 0.3) is 0 Å². The van der Waals surface area contributed by atoms with Crippen LogP contribution in [0, 0.1) is 11.8 Å². The Labute approximate surface area is 222 Å². The molecule has 3 aliphatic heterocycles. The number of amides is 3. The molecule has 3 amide bonds. The van der Waals surface area contributed by atoms with E-state index in [2.05, 4.69) is 10.6 Å². The number of aliphatic hydroxyl groups is 1. The molecule has 2 bridgehead atoms. The molecule has 2 aromatic rings. The summed E-state index contributed by atoms with van der Waals surface area (Å²) < 4.78 is 11.8. The smallest absolute Gasteiger partial charge is 0.250 e. The molecular formula is C29H35N3O6. The minimum Gasteiger partial charge on any atom is -0.497 e. The molecule has 2 aromatic carbocycles. The van der Waals surface area contributed by atoms with Gasteiger partial charge in [-0.05, 0) is 56.0 Å². The molecule has 0 aromatic heterocycles. The lowest BCUT2D eigenvalue weighted by Crippen LogP contribution is -2.56. The van der Waals surface area contributed by atoms with Gasteiger partial charge in [0.1, 0.15) is 17.4 Å². The summed E-state index contributed by atoms with van der Waals surface area (Å²) in [6.07, 6.45) is 1.48. The van der Waals surface area contributed by atoms with Crippen molar-refractivity contribution in [1.29, 1.82) is 0 Å². The highest BCUT2D eigenvalue weighted by molar-refractivity contribution is 6.04. The van der Waals surface area contributed by atoms with Crippen molar-refractivity contribution in [3.05, 3.63) is 60.2 Å². The van der Waals surface area contributed by atoms with Crippen molar-refractivity contribution in [2.45, 2.75) is 62.9 Å². The second kappa shape index (κ2) is 10.0. The lowest BCUT2D eigenvalue weighted by Gasteiger charge is -2.36. The van der Waals surface area contributed by atoms with Crippen LogP contribution in [-0.2, 0) is 25.7 Å². The van der Waals surface area contributed by atoms with E-state index in [9.17, 15) is 19.5 Å². The molecular weight excluding hydrogens is 486 g/mol. The summed E-state index contributed by atoms with van der Waals surface area (Å²) in [7, 11) is 1.57. The molecule has 3 aliphatic rings. The highest BCUT2D eigenvalue weighted by Crippen LogP contribution is 2.63. The molecule has 3 N–H and O–H groups in total. The van der Waals surface area contributed by atoms with Crippen molar-refractivity contribution < 1.29 is 29.0 Å². The maximum atomic E-state index is 14.1. The van der Waals surface area contributed by atoms with Gasteiger partial charge >= 0.3 is 0 Å². The average Bonchev–Trinajstić information content (AvgIpc) is 3.50. The fourth-order valence-electron chi connectivity index (χ4n) is 6.65. The fourth-order valence-corrected chi connectivity index (χ4v) is 6.65. The Balaban J connectivity index is 1.47. The van der Waals surface area contributed by atoms with Crippen molar-refractivity contribution >= 4 is 23.4 Å². The van der Waals surface area contributed by atoms with E-state index in [0.717, 1.165) is 5.56 Å². The number of carbonyl (C=O) groups is 3. The molecule has 9 nitrogen and oxygen atoms in total. The largest absolute Gasteiger partial charge is 0.497 e. The molecule has 5 rings (SSSR count). The molecule has 0 radical (unpaired) electrons. The van der Waals surface area contributed by atoms with Crippen molar-refractivity contribution in [1.82, 2.24) is 10.2 Å². The summed E-state index contributed by atoms with van der Waals surface area (Å²) in [6, 6.07) is 15.0. The minimum absolute atomic E-state index is 0.260. The normalized spacial score (nSPS) is 30.2. The van der Waals surface area contributed by atoms with Gasteiger partial charge < -0.3 is 30.1 Å². The number of methoxy groups -OCH3 is 1. The number of carbonyl (C=O) groups excluding carboxylic acids is 3. The quantitative estimate of drug-likeness (QED) is 0.467. The lowest BCUT2D eigenvalue weighted by molar-refractivity contribution is -0.148. The zero-order valence-corrected chi connectivity index (χ0v) is 22.0. The topological polar surface area (TPSA) is 117 Å². The maximum absolute atomic E-state index is 14.1. The Bertz CT molecular complexity index is 1200. The summed E-state index contributed by atoms with van der Waals surface area (Å²) in [5.41, 5.74) is -0.518. The van der Waals surface area contributed by atoms with Crippen LogP contribution in [0.4, 0.5) is 5.69 Å². The van der Waals surface area contributed by atoms with E-state index in [0.29, 0.717) is 37.2 Å². The van der Waals surface area contributed by atoms with Crippen LogP contribution in [0.15, 0.2) is 54.6 Å². The van der Waals surface area contributed by atoms with Crippen molar-refractivity contribution in [3.63, 3.8) is 0 Å². The Morgan fingerprint density at radius 1 is 1.13 bits per heavy atom. The zero-order chi connectivity index (χ0) is 27.1. The third kappa shape index (κ3) is 4.14. The molecule has 2 unspecified atom stereocenters. The predicted octanol–water partition coefficient (Wildman–Crippen LogP) is 2.49. The number of hydrogen-bond donors (Lipinski definition) is 3. The molecule has 6 atom stereocenters. The maximum Gasteiger partial charge on any atom is 0.250 e. The number of hydrogen-bond acceptors (Lipinski definition) is 6. The van der Waals surface area contributed by atoms with Crippen molar-refractivity contribution in [2.75, 3.05) is 19.0 Å². The van der Waals surface area contributed by atoms with E-state index in [4.69, 9.17) is 9.47 Å². The lowest BCUT2D eigenvalue weighted by atomic mass is 9.66. The van der Waals surface area contributed by atoms with Gasteiger partial charge in [-0.1, -0.05) is 37.3 Å². The number of nitrogens with one attached hydrogen (secondary N) is 2. The van der Waals surface area contributed by atoms with Crippen LogP contribution >= 0.6 is 0 Å². The van der Waals surface area contributed by atoms with E-state index in [1.807, 2.05) is 44.2 Å². The number of ether oxygens (including phenoxy) is 2. The second-order valence-electron chi connectivity index (χ2n) is 10.6. The number of nitrogens with zero attached hydrogens (tertiary/aromatic N) is 1. The van der Waals surface area contributed by atoms with Crippen LogP contribution in [0.3, 0.4) is 0 Å². The van der Waals surface area contributed by atoms with Gasteiger partial charge in [0, 0.05) is 12.2 Å². The summed E-state index contributed by atoms with van der Waals surface area (Å²) in [5, 5.41) is 16.1. The zero-order valence-electron chi connectivity index (χ0n) is 22.0. The molecule has 38 heavy (non-hydrogen) atoms. The summed E-state index contributed by atoms with van der Waals surface area (Å²) in [6.45, 7) is 3.77. The minimum atomic E-state index is -1.15. The van der Waals surface area contributed by atoms with Crippen LogP contribution < -0.4 is 15.4 Å². The van der Waals surface area contributed by atoms with Crippen LogP contribution in [0.5, 0.6) is 5.75 Å². The molecule has 3 fully saturated rings. The highest BCUT2D eigenvalue weighted by Gasteiger charge is 2.78. The number of anilines is 1. The van der Waals surface area contributed by atoms with Gasteiger partial charge in [0.15, 0.2) is 0 Å². The Kier molecular flexibility index (Phi) is 6.92. The van der Waals surface area contributed by atoms with E-state index in [1.54, 1.807) is 31.4 Å². The first kappa shape index (κ1) is 26.2. The third-order valence-electron chi connectivity index (χ3n) is 8.49. The van der Waals surface area contributed by atoms with Crippen molar-refractivity contribution in [3.8, 4) is 5.75 Å². The average molecular weight is 522 g/mol. The number of fused-ring (bicyclic) bond motifs is 1. The number of aliphatic hydroxyl groups excluding tert-OH is 1. The van der Waals surface area contributed by atoms with E-state index in [1.165, 1.54) is 4.90 Å². The van der Waals surface area contributed by atoms with Gasteiger partial charge in [0.05, 0.1) is 37.2 Å². The molecule has 9 heteroatoms. The first-order valence-corrected chi connectivity index (χ1v) is 13.2. The Morgan fingerprint density at radius 2 is 1.84 bits per heavy atom. The van der Waals surface area contributed by atoms with Crippen LogP contribution in [0.2, 0.25) is 0 Å². The molecule has 3 heterocycles. The van der Waals surface area contributed by atoms with Gasteiger partial charge in [0.2, 0.25) is 17.7 Å². The predicted molar refractivity (Wildman–Crippen MR) is 140 cm³/mol. The monoisotopic (exact) mass is 521 g/mol. The third-order valence-corrected chi connectivity index (χ3v) is 8.49. The SMILES string of the molecule is CC[C@@H](CO)N1C(=O)[C@@H]2[C@H](C(=O)NCc3ccccc3)[C@]3(C)CCC2(O3)C1C(=O)Nc1ccc(OC)cc1. The summed E-state index contributed by atoms with van der Waals surface area (Å²) >= 11 is 0.